The predicted octanol–water partition coefficient (Wildman–Crippen LogP) is 2.71. The lowest BCUT2D eigenvalue weighted by molar-refractivity contribution is 0.371. The largest absolute Gasteiger partial charge is 0.339 e. The smallest absolute Gasteiger partial charge is 0.226 e. The van der Waals surface area contributed by atoms with Crippen molar-refractivity contribution in [3.05, 3.63) is 46.6 Å². The molecule has 2 aromatic rings. The maximum Gasteiger partial charge on any atom is 0.226 e. The van der Waals surface area contributed by atoms with Crippen LogP contribution in [0.1, 0.15) is 47.7 Å². The van der Waals surface area contributed by atoms with E-state index in [1.165, 1.54) is 48.6 Å². The van der Waals surface area contributed by atoms with E-state index >= 15 is 0 Å². The van der Waals surface area contributed by atoms with Crippen LogP contribution in [-0.4, -0.2) is 30.6 Å². The summed E-state index contributed by atoms with van der Waals surface area (Å²) in [6.07, 6.45) is 9.23. The van der Waals surface area contributed by atoms with Gasteiger partial charge in [-0.15, -0.1) is 0 Å². The van der Waals surface area contributed by atoms with Crippen molar-refractivity contribution in [2.75, 3.05) is 12.0 Å². The molecular formula is C18H24N2O3S. The van der Waals surface area contributed by atoms with Crippen molar-refractivity contribution in [3.8, 4) is 0 Å². The molecule has 1 aliphatic rings. The first-order valence-corrected chi connectivity index (χ1v) is 10.7. The molecule has 6 heteroatoms. The number of hydrogen-bond acceptors (Lipinski definition) is 5. The first kappa shape index (κ1) is 17.1. The first-order chi connectivity index (χ1) is 11.5. The maximum atomic E-state index is 11.2. The van der Waals surface area contributed by atoms with Gasteiger partial charge in [0.2, 0.25) is 5.89 Å². The summed E-state index contributed by atoms with van der Waals surface area (Å²) in [5.41, 5.74) is 4.39. The van der Waals surface area contributed by atoms with Crippen molar-refractivity contribution in [1.82, 2.24) is 10.1 Å². The fourth-order valence-corrected chi connectivity index (χ4v) is 3.71. The number of aryl methyl sites for hydroxylation is 5. The molecule has 24 heavy (non-hydrogen) atoms. The molecule has 0 N–H and O–H groups in total. The monoisotopic (exact) mass is 348 g/mol. The number of aromatic nitrogens is 2. The van der Waals surface area contributed by atoms with Crippen LogP contribution in [0.25, 0.3) is 0 Å². The minimum atomic E-state index is -3.00. The van der Waals surface area contributed by atoms with Crippen LogP contribution in [0.2, 0.25) is 0 Å². The van der Waals surface area contributed by atoms with Crippen LogP contribution < -0.4 is 0 Å². The molecule has 5 nitrogen and oxygen atoms in total. The van der Waals surface area contributed by atoms with Crippen molar-refractivity contribution in [1.29, 1.82) is 0 Å². The highest BCUT2D eigenvalue weighted by Gasteiger charge is 2.11. The van der Waals surface area contributed by atoms with Crippen molar-refractivity contribution in [3.63, 3.8) is 0 Å². The summed E-state index contributed by atoms with van der Waals surface area (Å²) in [5, 5.41) is 3.85. The van der Waals surface area contributed by atoms with Crippen molar-refractivity contribution < 1.29 is 12.9 Å². The Labute approximate surface area is 143 Å². The maximum absolute atomic E-state index is 11.2. The van der Waals surface area contributed by atoms with Gasteiger partial charge >= 0.3 is 0 Å². The Hall–Kier alpha value is -1.69. The second-order valence-corrected chi connectivity index (χ2v) is 8.91. The average molecular weight is 348 g/mol. The fraction of sp³-hybridized carbons (Fsp3) is 0.556. The van der Waals surface area contributed by atoms with E-state index in [0.717, 1.165) is 19.3 Å². The standard InChI is InChI=1S/C18H24N2O3S/c1-24(21,22)12-11-17-19-18(23-20-17)8-4-5-14-9-10-15-6-2-3-7-16(15)13-14/h9-10,13H,2-8,11-12H2,1H3. The van der Waals surface area contributed by atoms with Gasteiger partial charge in [0.25, 0.3) is 0 Å². The van der Waals surface area contributed by atoms with Crippen molar-refractivity contribution in [2.45, 2.75) is 51.4 Å². The third-order valence-corrected chi connectivity index (χ3v) is 5.42. The number of rotatable bonds is 7. The van der Waals surface area contributed by atoms with Crippen LogP contribution in [0.3, 0.4) is 0 Å². The number of nitrogens with zero attached hydrogens (tertiary/aromatic N) is 2. The third-order valence-electron chi connectivity index (χ3n) is 4.48. The van der Waals surface area contributed by atoms with Gasteiger partial charge in [-0.05, 0) is 55.2 Å². The number of hydrogen-bond donors (Lipinski definition) is 0. The number of fused-ring (bicyclic) bond motifs is 1. The zero-order valence-electron chi connectivity index (χ0n) is 14.1. The minimum absolute atomic E-state index is 0.0566. The summed E-state index contributed by atoms with van der Waals surface area (Å²) < 4.78 is 27.5. The topological polar surface area (TPSA) is 73.1 Å². The van der Waals surface area contributed by atoms with Gasteiger partial charge in [-0.2, -0.15) is 4.98 Å². The molecule has 0 saturated heterocycles. The van der Waals surface area contributed by atoms with Gasteiger partial charge in [0.1, 0.15) is 9.84 Å². The molecule has 1 aromatic carbocycles. The Morgan fingerprint density at radius 2 is 1.88 bits per heavy atom. The summed E-state index contributed by atoms with van der Waals surface area (Å²) in [4.78, 5) is 4.27. The molecule has 0 unspecified atom stereocenters. The van der Waals surface area contributed by atoms with E-state index in [4.69, 9.17) is 4.52 Å². The summed E-state index contributed by atoms with van der Waals surface area (Å²) in [7, 11) is -3.00. The van der Waals surface area contributed by atoms with Crippen LogP contribution in [0, 0.1) is 0 Å². The van der Waals surface area contributed by atoms with Gasteiger partial charge in [-0.25, -0.2) is 8.42 Å². The molecule has 1 aliphatic carbocycles. The minimum Gasteiger partial charge on any atom is -0.339 e. The molecule has 1 aromatic heterocycles. The highest BCUT2D eigenvalue weighted by Crippen LogP contribution is 2.22. The second-order valence-electron chi connectivity index (χ2n) is 6.65. The van der Waals surface area contributed by atoms with Crippen LogP contribution in [0.15, 0.2) is 22.7 Å². The Kier molecular flexibility index (Phi) is 5.33. The molecule has 1 heterocycles. The van der Waals surface area contributed by atoms with Gasteiger partial charge in [-0.3, -0.25) is 0 Å². The normalized spacial score (nSPS) is 14.5. The van der Waals surface area contributed by atoms with Gasteiger partial charge in [-0.1, -0.05) is 23.4 Å². The summed E-state index contributed by atoms with van der Waals surface area (Å²) in [5.74, 6) is 1.13. The molecule has 0 radical (unpaired) electrons. The zero-order valence-corrected chi connectivity index (χ0v) is 14.9. The van der Waals surface area contributed by atoms with Crippen LogP contribution in [0.5, 0.6) is 0 Å². The van der Waals surface area contributed by atoms with Crippen molar-refractivity contribution >= 4 is 9.84 Å². The first-order valence-electron chi connectivity index (χ1n) is 8.59. The second kappa shape index (κ2) is 7.47. The molecule has 3 rings (SSSR count). The molecule has 0 saturated carbocycles. The summed E-state index contributed by atoms with van der Waals surface area (Å²) >= 11 is 0. The fourth-order valence-electron chi connectivity index (χ4n) is 3.16. The number of sulfone groups is 1. The third kappa shape index (κ3) is 4.90. The van der Waals surface area contributed by atoms with Gasteiger partial charge in [0.15, 0.2) is 5.82 Å². The van der Waals surface area contributed by atoms with Gasteiger partial charge < -0.3 is 4.52 Å². The van der Waals surface area contributed by atoms with E-state index in [2.05, 4.69) is 28.3 Å². The summed E-state index contributed by atoms with van der Waals surface area (Å²) in [6, 6.07) is 6.86. The molecule has 0 bridgehead atoms. The van der Waals surface area contributed by atoms with E-state index in [-0.39, 0.29) is 5.75 Å². The lowest BCUT2D eigenvalue weighted by Gasteiger charge is -2.16. The van der Waals surface area contributed by atoms with Crippen molar-refractivity contribution in [2.24, 2.45) is 0 Å². The quantitative estimate of drug-likeness (QED) is 0.769. The zero-order chi connectivity index (χ0) is 17.0. The van der Waals surface area contributed by atoms with E-state index in [1.807, 2.05) is 0 Å². The van der Waals surface area contributed by atoms with Crippen LogP contribution >= 0.6 is 0 Å². The van der Waals surface area contributed by atoms with E-state index < -0.39 is 9.84 Å². The van der Waals surface area contributed by atoms with E-state index in [0.29, 0.717) is 18.1 Å². The highest BCUT2D eigenvalue weighted by molar-refractivity contribution is 7.90. The van der Waals surface area contributed by atoms with E-state index in [9.17, 15) is 8.42 Å². The molecule has 0 spiro atoms. The Morgan fingerprint density at radius 3 is 2.67 bits per heavy atom. The molecule has 0 amide bonds. The number of benzene rings is 1. The Morgan fingerprint density at radius 1 is 1.08 bits per heavy atom. The Bertz CT molecular complexity index is 796. The van der Waals surface area contributed by atoms with Gasteiger partial charge in [0, 0.05) is 19.1 Å². The lowest BCUT2D eigenvalue weighted by Crippen LogP contribution is -2.06. The highest BCUT2D eigenvalue weighted by atomic mass is 32.2. The predicted molar refractivity (Wildman–Crippen MR) is 92.8 cm³/mol. The molecule has 0 fully saturated rings. The average Bonchev–Trinajstić information content (AvgIpc) is 3.00. The van der Waals surface area contributed by atoms with Crippen LogP contribution in [-0.2, 0) is 41.9 Å². The SMILES string of the molecule is CS(=O)(=O)CCc1noc(CCCc2ccc3c(c2)CCCC3)n1. The molecular weight excluding hydrogens is 324 g/mol. The summed E-state index contributed by atoms with van der Waals surface area (Å²) in [6.45, 7) is 0. The van der Waals surface area contributed by atoms with Crippen LogP contribution in [0.4, 0.5) is 0 Å². The molecule has 0 aliphatic heterocycles. The Balaban J connectivity index is 1.49. The van der Waals surface area contributed by atoms with E-state index in [1.54, 1.807) is 0 Å². The molecule has 0 atom stereocenters. The van der Waals surface area contributed by atoms with Gasteiger partial charge in [0.05, 0.1) is 5.75 Å². The molecule has 130 valence electrons. The lowest BCUT2D eigenvalue weighted by atomic mass is 9.89.